The number of piperidine rings is 1. The summed E-state index contributed by atoms with van der Waals surface area (Å²) in [6.07, 6.45) is 9.73. The van der Waals surface area contributed by atoms with Gasteiger partial charge in [-0.3, -0.25) is 4.79 Å². The van der Waals surface area contributed by atoms with Crippen molar-refractivity contribution in [3.63, 3.8) is 0 Å². The molecule has 4 heterocycles. The maximum Gasteiger partial charge on any atom is 0.257 e. The number of amides is 1. The van der Waals surface area contributed by atoms with E-state index in [1.54, 1.807) is 9.80 Å². The van der Waals surface area contributed by atoms with Gasteiger partial charge < -0.3 is 9.80 Å². The van der Waals surface area contributed by atoms with Gasteiger partial charge >= 0.3 is 0 Å². The van der Waals surface area contributed by atoms with Gasteiger partial charge in [-0.1, -0.05) is 11.6 Å². The number of hydrogen-bond donors (Lipinski definition) is 0. The van der Waals surface area contributed by atoms with Crippen LogP contribution in [0.4, 0.5) is 10.3 Å². The first kappa shape index (κ1) is 19.7. The number of halogens is 2. The molecule has 3 aromatic heterocycles. The summed E-state index contributed by atoms with van der Waals surface area (Å²) in [5, 5.41) is 4.40. The Bertz CT molecular complexity index is 1040. The highest BCUT2D eigenvalue weighted by Crippen LogP contribution is 2.34. The van der Waals surface area contributed by atoms with Crippen LogP contribution < -0.4 is 4.90 Å². The van der Waals surface area contributed by atoms with E-state index in [1.807, 2.05) is 0 Å². The van der Waals surface area contributed by atoms with Crippen LogP contribution in [-0.4, -0.2) is 76.9 Å². The summed E-state index contributed by atoms with van der Waals surface area (Å²) in [7, 11) is 0. The van der Waals surface area contributed by atoms with Crippen molar-refractivity contribution in [2.75, 3.05) is 18.0 Å². The minimum atomic E-state index is -1.23. The van der Waals surface area contributed by atoms with E-state index in [2.05, 4.69) is 30.0 Å². The predicted octanol–water partition coefficient (Wildman–Crippen LogP) is 1.72. The Balaban J connectivity index is 1.31. The molecule has 5 rings (SSSR count). The topological polar surface area (TPSA) is 106 Å². The molecule has 0 spiro atoms. The molecule has 1 amide bonds. The molecule has 1 saturated heterocycles. The van der Waals surface area contributed by atoms with Gasteiger partial charge in [0.15, 0.2) is 0 Å². The third-order valence-electron chi connectivity index (χ3n) is 5.44. The fraction of sp³-hybridized carbons (Fsp3) is 0.421. The van der Waals surface area contributed by atoms with Gasteiger partial charge in [0, 0.05) is 25.0 Å². The van der Waals surface area contributed by atoms with Crippen molar-refractivity contribution in [3.8, 4) is 5.95 Å². The highest BCUT2D eigenvalue weighted by Gasteiger charge is 2.43. The van der Waals surface area contributed by atoms with Crippen molar-refractivity contribution < 1.29 is 9.18 Å². The molecule has 2 aliphatic rings. The summed E-state index contributed by atoms with van der Waals surface area (Å²) in [6.45, 7) is 0.662. The minimum Gasteiger partial charge on any atom is -0.338 e. The smallest absolute Gasteiger partial charge is 0.257 e. The summed E-state index contributed by atoms with van der Waals surface area (Å²) < 4.78 is 16.7. The van der Waals surface area contributed by atoms with Crippen molar-refractivity contribution in [3.05, 3.63) is 48.0 Å². The Labute approximate surface area is 182 Å². The molecule has 0 aromatic carbocycles. The number of carbonyl (C=O) groups excluding carboxylic acids is 1. The number of hydrogen-bond acceptors (Lipinski definition) is 8. The summed E-state index contributed by atoms with van der Waals surface area (Å²) in [5.74, 6) is 0.495. The van der Waals surface area contributed by atoms with Crippen molar-refractivity contribution in [1.29, 1.82) is 0 Å². The standard InChI is InChI=1S/C19H19ClFN9O/c20-13-7-25-18(26-8-13)28-4-3-16(15(21)9-28)30(14-1-2-14)17(31)12-5-23-19(24-6-12)29-11-22-10-27-29/h5-8,10-11,14-16H,1-4,9H2/t15-,16+/m0/s1. The molecule has 31 heavy (non-hydrogen) atoms. The molecule has 10 nitrogen and oxygen atoms in total. The average molecular weight is 444 g/mol. The van der Waals surface area contributed by atoms with Crippen molar-refractivity contribution in [2.24, 2.45) is 0 Å². The van der Waals surface area contributed by atoms with Crippen molar-refractivity contribution in [1.82, 2.24) is 39.6 Å². The van der Waals surface area contributed by atoms with Gasteiger partial charge in [-0.2, -0.15) is 9.78 Å². The molecule has 1 aliphatic heterocycles. The van der Waals surface area contributed by atoms with E-state index < -0.39 is 12.2 Å². The van der Waals surface area contributed by atoms with E-state index >= 15 is 4.39 Å². The second-order valence-electron chi connectivity index (χ2n) is 7.57. The number of aromatic nitrogens is 7. The minimum absolute atomic E-state index is 0.0454. The van der Waals surface area contributed by atoms with Crippen LogP contribution >= 0.6 is 11.6 Å². The van der Waals surface area contributed by atoms with Crippen molar-refractivity contribution >= 4 is 23.5 Å². The zero-order valence-corrected chi connectivity index (χ0v) is 17.2. The molecule has 0 unspecified atom stereocenters. The number of anilines is 1. The second-order valence-corrected chi connectivity index (χ2v) is 8.01. The van der Waals surface area contributed by atoms with Crippen LogP contribution in [-0.2, 0) is 0 Å². The second kappa shape index (κ2) is 8.14. The van der Waals surface area contributed by atoms with Crippen LogP contribution in [0.1, 0.15) is 29.6 Å². The third-order valence-corrected chi connectivity index (χ3v) is 5.63. The SMILES string of the molecule is O=C(c1cnc(-n2cncn2)nc1)N(C1CC1)[C@@H]1CCN(c2ncc(Cl)cn2)C[C@@H]1F. The third kappa shape index (κ3) is 4.05. The summed E-state index contributed by atoms with van der Waals surface area (Å²) in [5.41, 5.74) is 0.325. The normalized spacial score (nSPS) is 21.2. The Kier molecular flexibility index (Phi) is 5.18. The van der Waals surface area contributed by atoms with Gasteiger partial charge in [0.2, 0.25) is 5.95 Å². The van der Waals surface area contributed by atoms with Crippen LogP contribution in [0.2, 0.25) is 5.02 Å². The largest absolute Gasteiger partial charge is 0.338 e. The highest BCUT2D eigenvalue weighted by molar-refractivity contribution is 6.30. The van der Waals surface area contributed by atoms with Crippen LogP contribution in [0.15, 0.2) is 37.4 Å². The zero-order valence-electron chi connectivity index (χ0n) is 16.4. The van der Waals surface area contributed by atoms with Gasteiger partial charge in [-0.15, -0.1) is 0 Å². The lowest BCUT2D eigenvalue weighted by Crippen LogP contribution is -2.55. The van der Waals surface area contributed by atoms with Gasteiger partial charge in [0.1, 0.15) is 18.8 Å². The predicted molar refractivity (Wildman–Crippen MR) is 109 cm³/mol. The van der Waals surface area contributed by atoms with E-state index in [9.17, 15) is 4.79 Å². The Hall–Kier alpha value is -3.21. The van der Waals surface area contributed by atoms with Crippen LogP contribution in [0, 0.1) is 0 Å². The molecule has 3 aromatic rings. The van der Waals surface area contributed by atoms with E-state index in [1.165, 1.54) is 42.1 Å². The monoisotopic (exact) mass is 443 g/mol. The zero-order chi connectivity index (χ0) is 21.4. The highest BCUT2D eigenvalue weighted by atomic mass is 35.5. The van der Waals surface area contributed by atoms with Crippen LogP contribution in [0.25, 0.3) is 5.95 Å². The Morgan fingerprint density at radius 3 is 2.39 bits per heavy atom. The van der Waals surface area contributed by atoms with Crippen LogP contribution in [0.5, 0.6) is 0 Å². The van der Waals surface area contributed by atoms with Crippen molar-refractivity contribution in [2.45, 2.75) is 37.5 Å². The molecule has 12 heteroatoms. The van der Waals surface area contributed by atoms with E-state index in [-0.39, 0.29) is 18.5 Å². The fourth-order valence-electron chi connectivity index (χ4n) is 3.81. The molecule has 0 bridgehead atoms. The fourth-order valence-corrected chi connectivity index (χ4v) is 3.90. The van der Waals surface area contributed by atoms with Gasteiger partial charge in [-0.25, -0.2) is 29.3 Å². The lowest BCUT2D eigenvalue weighted by atomic mass is 10.00. The number of nitrogens with zero attached hydrogens (tertiary/aromatic N) is 9. The lowest BCUT2D eigenvalue weighted by molar-refractivity contribution is 0.0485. The first-order valence-electron chi connectivity index (χ1n) is 9.96. The van der Waals surface area contributed by atoms with E-state index in [0.29, 0.717) is 35.4 Å². The maximum atomic E-state index is 15.3. The number of rotatable bonds is 5. The molecule has 160 valence electrons. The number of carbonyl (C=O) groups is 1. The van der Waals surface area contributed by atoms with Gasteiger partial charge in [0.05, 0.1) is 35.6 Å². The van der Waals surface area contributed by atoms with Crippen LogP contribution in [0.3, 0.4) is 0 Å². The molecular formula is C19H19ClFN9O. The van der Waals surface area contributed by atoms with Gasteiger partial charge in [-0.05, 0) is 19.3 Å². The van der Waals surface area contributed by atoms with E-state index in [0.717, 1.165) is 12.8 Å². The molecule has 0 N–H and O–H groups in total. The summed E-state index contributed by atoms with van der Waals surface area (Å²) in [6, 6.07) is -0.470. The molecule has 2 atom stereocenters. The van der Waals surface area contributed by atoms with Gasteiger partial charge in [0.25, 0.3) is 11.9 Å². The Morgan fingerprint density at radius 2 is 1.77 bits per heavy atom. The first-order chi connectivity index (χ1) is 15.1. The molecule has 0 radical (unpaired) electrons. The average Bonchev–Trinajstić information content (AvgIpc) is 3.47. The number of alkyl halides is 1. The molecule has 2 fully saturated rings. The molecular weight excluding hydrogens is 425 g/mol. The molecule has 1 aliphatic carbocycles. The summed E-state index contributed by atoms with van der Waals surface area (Å²) >= 11 is 5.84. The van der Waals surface area contributed by atoms with E-state index in [4.69, 9.17) is 11.6 Å². The first-order valence-corrected chi connectivity index (χ1v) is 10.3. The quantitative estimate of drug-likeness (QED) is 0.587. The Morgan fingerprint density at radius 1 is 1.06 bits per heavy atom. The molecule has 1 saturated carbocycles. The maximum absolute atomic E-state index is 15.3. The lowest BCUT2D eigenvalue weighted by Gasteiger charge is -2.40. The summed E-state index contributed by atoms with van der Waals surface area (Å²) in [4.78, 5) is 37.3.